The van der Waals surface area contributed by atoms with Crippen LogP contribution in [0.5, 0.6) is 0 Å². The third kappa shape index (κ3) is 3.97. The molecule has 0 saturated carbocycles. The van der Waals surface area contributed by atoms with Crippen molar-refractivity contribution in [3.8, 4) is 0 Å². The molecule has 0 spiro atoms. The lowest BCUT2D eigenvalue weighted by Gasteiger charge is -2.22. The van der Waals surface area contributed by atoms with Crippen molar-refractivity contribution < 1.29 is 4.79 Å². The Morgan fingerprint density at radius 2 is 1.86 bits per heavy atom. The summed E-state index contributed by atoms with van der Waals surface area (Å²) in [5.74, 6) is -0.160. The van der Waals surface area contributed by atoms with Gasteiger partial charge in [0.1, 0.15) is 6.04 Å². The highest BCUT2D eigenvalue weighted by atomic mass is 35.5. The molecule has 0 radical (unpaired) electrons. The molecule has 0 aromatic heterocycles. The van der Waals surface area contributed by atoms with Gasteiger partial charge in [-0.1, -0.05) is 59.6 Å². The number of halogens is 2. The van der Waals surface area contributed by atoms with Crippen LogP contribution in [0, 0.1) is 0 Å². The van der Waals surface area contributed by atoms with Crippen LogP contribution in [0.2, 0.25) is 10.0 Å². The van der Waals surface area contributed by atoms with Gasteiger partial charge in [-0.15, -0.1) is 0 Å². The Hall–Kier alpha value is -1.55. The van der Waals surface area contributed by atoms with Crippen LogP contribution in [0.15, 0.2) is 48.5 Å². The van der Waals surface area contributed by atoms with E-state index in [2.05, 4.69) is 0 Å². The van der Waals surface area contributed by atoms with Gasteiger partial charge in [-0.25, -0.2) is 0 Å². The first kappa shape index (κ1) is 15.8. The summed E-state index contributed by atoms with van der Waals surface area (Å²) < 4.78 is 0. The minimum Gasteiger partial charge on any atom is -0.340 e. The van der Waals surface area contributed by atoms with Crippen LogP contribution in [0.3, 0.4) is 0 Å². The van der Waals surface area contributed by atoms with E-state index in [1.807, 2.05) is 36.4 Å². The second-order valence-corrected chi connectivity index (χ2v) is 5.66. The molecule has 0 aliphatic heterocycles. The molecule has 0 saturated heterocycles. The lowest BCUT2D eigenvalue weighted by Crippen LogP contribution is -2.35. The summed E-state index contributed by atoms with van der Waals surface area (Å²) in [5.41, 5.74) is 7.63. The normalized spacial score (nSPS) is 12.0. The second-order valence-electron chi connectivity index (χ2n) is 4.82. The van der Waals surface area contributed by atoms with Crippen LogP contribution in [0.1, 0.15) is 17.2 Å². The first-order valence-corrected chi connectivity index (χ1v) is 7.24. The first-order chi connectivity index (χ1) is 9.99. The SMILES string of the molecule is CN(Cc1ccc(Cl)cc1Cl)C(=O)[C@@H](N)c1ccccc1. The average molecular weight is 323 g/mol. The monoisotopic (exact) mass is 322 g/mol. The van der Waals surface area contributed by atoms with Crippen LogP contribution in [0.4, 0.5) is 0 Å². The summed E-state index contributed by atoms with van der Waals surface area (Å²) in [6, 6.07) is 13.8. The molecule has 1 amide bonds. The van der Waals surface area contributed by atoms with Crippen molar-refractivity contribution in [1.82, 2.24) is 4.90 Å². The van der Waals surface area contributed by atoms with Crippen molar-refractivity contribution in [2.45, 2.75) is 12.6 Å². The molecule has 0 aliphatic carbocycles. The maximum absolute atomic E-state index is 12.4. The number of likely N-dealkylation sites (N-methyl/N-ethyl adjacent to an activating group) is 1. The number of amides is 1. The van der Waals surface area contributed by atoms with E-state index >= 15 is 0 Å². The molecule has 1 atom stereocenters. The Labute approximate surface area is 134 Å². The molecular formula is C16H16Cl2N2O. The molecule has 0 unspecified atom stereocenters. The molecule has 5 heteroatoms. The number of carbonyl (C=O) groups is 1. The molecular weight excluding hydrogens is 307 g/mol. The molecule has 0 bridgehead atoms. The number of nitrogens with two attached hydrogens (primary N) is 1. The molecule has 2 aromatic carbocycles. The summed E-state index contributed by atoms with van der Waals surface area (Å²) in [6.45, 7) is 0.384. The van der Waals surface area contributed by atoms with E-state index in [1.54, 1.807) is 24.1 Å². The van der Waals surface area contributed by atoms with Crippen molar-refractivity contribution in [2.24, 2.45) is 5.73 Å². The number of rotatable bonds is 4. The highest BCUT2D eigenvalue weighted by Crippen LogP contribution is 2.23. The van der Waals surface area contributed by atoms with Crippen molar-refractivity contribution >= 4 is 29.1 Å². The third-order valence-corrected chi connectivity index (χ3v) is 3.81. The summed E-state index contributed by atoms with van der Waals surface area (Å²) in [4.78, 5) is 13.9. The maximum Gasteiger partial charge on any atom is 0.244 e. The topological polar surface area (TPSA) is 46.3 Å². The molecule has 0 heterocycles. The zero-order chi connectivity index (χ0) is 15.4. The van der Waals surface area contributed by atoms with Gasteiger partial charge in [0.05, 0.1) is 0 Å². The Kier molecular flexibility index (Phi) is 5.23. The Morgan fingerprint density at radius 3 is 2.48 bits per heavy atom. The molecule has 2 aromatic rings. The molecule has 2 rings (SSSR count). The van der Waals surface area contributed by atoms with Crippen molar-refractivity contribution in [1.29, 1.82) is 0 Å². The Bertz CT molecular complexity index is 631. The van der Waals surface area contributed by atoms with Crippen LogP contribution < -0.4 is 5.73 Å². The number of hydrogen-bond acceptors (Lipinski definition) is 2. The number of nitrogens with zero attached hydrogens (tertiary/aromatic N) is 1. The van der Waals surface area contributed by atoms with Gasteiger partial charge < -0.3 is 10.6 Å². The van der Waals surface area contributed by atoms with Crippen LogP contribution in [-0.2, 0) is 11.3 Å². The van der Waals surface area contributed by atoms with E-state index in [0.29, 0.717) is 16.6 Å². The zero-order valence-electron chi connectivity index (χ0n) is 11.6. The molecule has 110 valence electrons. The van der Waals surface area contributed by atoms with Gasteiger partial charge in [0, 0.05) is 23.6 Å². The van der Waals surface area contributed by atoms with Gasteiger partial charge in [0.25, 0.3) is 0 Å². The zero-order valence-corrected chi connectivity index (χ0v) is 13.1. The van der Waals surface area contributed by atoms with Gasteiger partial charge in [-0.3, -0.25) is 4.79 Å². The summed E-state index contributed by atoms with van der Waals surface area (Å²) >= 11 is 12.0. The number of hydrogen-bond donors (Lipinski definition) is 1. The van der Waals surface area contributed by atoms with Gasteiger partial charge >= 0.3 is 0 Å². The minimum atomic E-state index is -0.678. The first-order valence-electron chi connectivity index (χ1n) is 6.48. The van der Waals surface area contributed by atoms with Gasteiger partial charge in [-0.05, 0) is 23.3 Å². The minimum absolute atomic E-state index is 0.160. The predicted octanol–water partition coefficient (Wildman–Crippen LogP) is 3.65. The largest absolute Gasteiger partial charge is 0.340 e. The molecule has 3 nitrogen and oxygen atoms in total. The van der Waals surface area contributed by atoms with Gasteiger partial charge in [0.2, 0.25) is 5.91 Å². The van der Waals surface area contributed by atoms with E-state index < -0.39 is 6.04 Å². The number of carbonyl (C=O) groups excluding carboxylic acids is 1. The van der Waals surface area contributed by atoms with E-state index in [-0.39, 0.29) is 5.91 Å². The fourth-order valence-corrected chi connectivity index (χ4v) is 2.49. The van der Waals surface area contributed by atoms with Gasteiger partial charge in [-0.2, -0.15) is 0 Å². The molecule has 21 heavy (non-hydrogen) atoms. The molecule has 2 N–H and O–H groups in total. The van der Waals surface area contributed by atoms with Crippen LogP contribution >= 0.6 is 23.2 Å². The highest BCUT2D eigenvalue weighted by Gasteiger charge is 2.20. The van der Waals surface area contributed by atoms with E-state index in [0.717, 1.165) is 11.1 Å². The quantitative estimate of drug-likeness (QED) is 0.933. The molecule has 0 fully saturated rings. The Morgan fingerprint density at radius 1 is 1.19 bits per heavy atom. The summed E-state index contributed by atoms with van der Waals surface area (Å²) in [7, 11) is 1.70. The fraction of sp³-hybridized carbons (Fsp3) is 0.188. The lowest BCUT2D eigenvalue weighted by atomic mass is 10.1. The summed E-state index contributed by atoms with van der Waals surface area (Å²) in [6.07, 6.45) is 0. The maximum atomic E-state index is 12.4. The standard InChI is InChI=1S/C16H16Cl2N2O/c1-20(10-12-7-8-13(17)9-14(12)18)16(21)15(19)11-5-3-2-4-6-11/h2-9,15H,10,19H2,1H3/t15-/m0/s1. The lowest BCUT2D eigenvalue weighted by molar-refractivity contribution is -0.131. The van der Waals surface area contributed by atoms with E-state index in [1.165, 1.54) is 0 Å². The van der Waals surface area contributed by atoms with Crippen LogP contribution in [-0.4, -0.2) is 17.9 Å². The molecule has 0 aliphatic rings. The van der Waals surface area contributed by atoms with E-state index in [4.69, 9.17) is 28.9 Å². The van der Waals surface area contributed by atoms with Crippen molar-refractivity contribution in [3.05, 3.63) is 69.7 Å². The fourth-order valence-electron chi connectivity index (χ4n) is 2.02. The summed E-state index contributed by atoms with van der Waals surface area (Å²) in [5, 5.41) is 1.11. The highest BCUT2D eigenvalue weighted by molar-refractivity contribution is 6.35. The Balaban J connectivity index is 2.09. The number of benzene rings is 2. The van der Waals surface area contributed by atoms with Crippen molar-refractivity contribution in [3.63, 3.8) is 0 Å². The predicted molar refractivity (Wildman–Crippen MR) is 86.3 cm³/mol. The van der Waals surface area contributed by atoms with Crippen molar-refractivity contribution in [2.75, 3.05) is 7.05 Å². The smallest absolute Gasteiger partial charge is 0.244 e. The second kappa shape index (κ2) is 6.94. The van der Waals surface area contributed by atoms with Crippen LogP contribution in [0.25, 0.3) is 0 Å². The third-order valence-electron chi connectivity index (χ3n) is 3.22. The average Bonchev–Trinajstić information content (AvgIpc) is 2.49. The van der Waals surface area contributed by atoms with Gasteiger partial charge in [0.15, 0.2) is 0 Å². The van der Waals surface area contributed by atoms with E-state index in [9.17, 15) is 4.79 Å².